The predicted molar refractivity (Wildman–Crippen MR) is 82.7 cm³/mol. The Morgan fingerprint density at radius 2 is 2.20 bits per heavy atom. The molecule has 0 saturated carbocycles. The van der Waals surface area contributed by atoms with Crippen molar-refractivity contribution in [2.24, 2.45) is 5.41 Å². The Balaban J connectivity index is 1.87. The summed E-state index contributed by atoms with van der Waals surface area (Å²) in [5, 5.41) is 6.50. The van der Waals surface area contributed by atoms with E-state index in [1.165, 1.54) is 11.1 Å². The number of amides is 1. The van der Waals surface area contributed by atoms with E-state index >= 15 is 0 Å². The first kappa shape index (κ1) is 15.0. The molecule has 1 aromatic carbocycles. The topological polar surface area (TPSA) is 41.1 Å². The average molecular weight is 274 g/mol. The van der Waals surface area contributed by atoms with Crippen LogP contribution in [0.5, 0.6) is 0 Å². The number of benzene rings is 1. The third-order valence-corrected chi connectivity index (χ3v) is 4.57. The van der Waals surface area contributed by atoms with Gasteiger partial charge in [-0.2, -0.15) is 0 Å². The number of nitrogens with one attached hydrogen (secondary N) is 2. The summed E-state index contributed by atoms with van der Waals surface area (Å²) in [6.45, 7) is 6.83. The highest BCUT2D eigenvalue weighted by Crippen LogP contribution is 2.30. The van der Waals surface area contributed by atoms with Crippen LogP contribution in [0, 0.1) is 12.3 Å². The lowest BCUT2D eigenvalue weighted by Crippen LogP contribution is -2.50. The van der Waals surface area contributed by atoms with Gasteiger partial charge in [0.15, 0.2) is 0 Å². The summed E-state index contributed by atoms with van der Waals surface area (Å²) in [6, 6.07) is 8.37. The van der Waals surface area contributed by atoms with Gasteiger partial charge in [0.2, 0.25) is 5.91 Å². The average Bonchev–Trinajstić information content (AvgIpc) is 2.49. The Kier molecular flexibility index (Phi) is 5.18. The van der Waals surface area contributed by atoms with Crippen LogP contribution in [0.4, 0.5) is 0 Å². The van der Waals surface area contributed by atoms with E-state index in [9.17, 15) is 4.79 Å². The number of hydrogen-bond donors (Lipinski definition) is 2. The number of carbonyl (C=O) groups excluding carboxylic acids is 1. The van der Waals surface area contributed by atoms with Gasteiger partial charge in [-0.05, 0) is 50.3 Å². The molecule has 1 saturated heterocycles. The van der Waals surface area contributed by atoms with E-state index in [1.807, 2.05) is 0 Å². The lowest BCUT2D eigenvalue weighted by molar-refractivity contribution is -0.132. The van der Waals surface area contributed by atoms with Crippen molar-refractivity contribution in [3.05, 3.63) is 35.4 Å². The molecular weight excluding hydrogens is 248 g/mol. The zero-order valence-electron chi connectivity index (χ0n) is 12.7. The normalized spacial score (nSPS) is 22.5. The molecule has 3 nitrogen and oxygen atoms in total. The zero-order chi connectivity index (χ0) is 14.4. The fourth-order valence-corrected chi connectivity index (χ4v) is 3.01. The number of hydrogen-bond acceptors (Lipinski definition) is 2. The Hall–Kier alpha value is -1.35. The van der Waals surface area contributed by atoms with Crippen molar-refractivity contribution < 1.29 is 4.79 Å². The molecule has 110 valence electrons. The van der Waals surface area contributed by atoms with Crippen LogP contribution >= 0.6 is 0 Å². The smallest absolute Gasteiger partial charge is 0.227 e. The summed E-state index contributed by atoms with van der Waals surface area (Å²) in [5.41, 5.74) is 2.43. The van der Waals surface area contributed by atoms with Gasteiger partial charge in [0, 0.05) is 13.1 Å². The van der Waals surface area contributed by atoms with E-state index in [-0.39, 0.29) is 11.3 Å². The Morgan fingerprint density at radius 3 is 2.85 bits per heavy atom. The van der Waals surface area contributed by atoms with E-state index in [0.717, 1.165) is 45.3 Å². The fraction of sp³-hybridized carbons (Fsp3) is 0.588. The van der Waals surface area contributed by atoms with Crippen molar-refractivity contribution in [1.82, 2.24) is 10.6 Å². The van der Waals surface area contributed by atoms with Crippen molar-refractivity contribution in [1.29, 1.82) is 0 Å². The standard InChI is InChI=1S/C17H26N2O/c1-3-17(10-6-11-18-13-17)16(20)19-12-9-15-8-5-4-7-14(15)2/h4-5,7-8,18H,3,6,9-13H2,1-2H3,(H,19,20). The van der Waals surface area contributed by atoms with E-state index in [4.69, 9.17) is 0 Å². The highest BCUT2D eigenvalue weighted by molar-refractivity contribution is 5.83. The third kappa shape index (κ3) is 3.40. The lowest BCUT2D eigenvalue weighted by Gasteiger charge is -2.35. The van der Waals surface area contributed by atoms with E-state index in [2.05, 4.69) is 48.7 Å². The zero-order valence-corrected chi connectivity index (χ0v) is 12.7. The van der Waals surface area contributed by atoms with Crippen molar-refractivity contribution in [3.63, 3.8) is 0 Å². The summed E-state index contributed by atoms with van der Waals surface area (Å²) in [4.78, 5) is 12.5. The minimum Gasteiger partial charge on any atom is -0.355 e. The van der Waals surface area contributed by atoms with Gasteiger partial charge in [0.1, 0.15) is 0 Å². The van der Waals surface area contributed by atoms with Crippen molar-refractivity contribution in [3.8, 4) is 0 Å². The Bertz CT molecular complexity index is 450. The van der Waals surface area contributed by atoms with E-state index < -0.39 is 0 Å². The van der Waals surface area contributed by atoms with Gasteiger partial charge in [0.05, 0.1) is 5.41 Å². The number of rotatable bonds is 5. The second-order valence-corrected chi connectivity index (χ2v) is 5.85. The largest absolute Gasteiger partial charge is 0.355 e. The maximum Gasteiger partial charge on any atom is 0.227 e. The number of piperidine rings is 1. The third-order valence-electron chi connectivity index (χ3n) is 4.57. The van der Waals surface area contributed by atoms with Crippen LogP contribution in [-0.2, 0) is 11.2 Å². The molecule has 1 aliphatic rings. The van der Waals surface area contributed by atoms with E-state index in [1.54, 1.807) is 0 Å². The molecule has 1 aromatic rings. The molecule has 0 radical (unpaired) electrons. The summed E-state index contributed by atoms with van der Waals surface area (Å²) in [5.74, 6) is 0.223. The first-order chi connectivity index (χ1) is 9.68. The van der Waals surface area contributed by atoms with Gasteiger partial charge in [-0.3, -0.25) is 4.79 Å². The van der Waals surface area contributed by atoms with Crippen LogP contribution in [-0.4, -0.2) is 25.5 Å². The van der Waals surface area contributed by atoms with Gasteiger partial charge in [-0.1, -0.05) is 31.2 Å². The van der Waals surface area contributed by atoms with Crippen LogP contribution in [0.3, 0.4) is 0 Å². The van der Waals surface area contributed by atoms with Gasteiger partial charge < -0.3 is 10.6 Å². The quantitative estimate of drug-likeness (QED) is 0.866. The van der Waals surface area contributed by atoms with Gasteiger partial charge in [0.25, 0.3) is 0 Å². The monoisotopic (exact) mass is 274 g/mol. The Morgan fingerprint density at radius 1 is 1.40 bits per heavy atom. The first-order valence-corrected chi connectivity index (χ1v) is 7.71. The minimum atomic E-state index is -0.190. The van der Waals surface area contributed by atoms with E-state index in [0.29, 0.717) is 0 Å². The molecule has 0 spiro atoms. The van der Waals surface area contributed by atoms with Crippen molar-refractivity contribution >= 4 is 5.91 Å². The minimum absolute atomic E-state index is 0.190. The second-order valence-electron chi connectivity index (χ2n) is 5.85. The molecule has 1 heterocycles. The molecule has 1 fully saturated rings. The first-order valence-electron chi connectivity index (χ1n) is 7.71. The van der Waals surface area contributed by atoms with Crippen LogP contribution in [0.1, 0.15) is 37.3 Å². The molecule has 1 atom stereocenters. The van der Waals surface area contributed by atoms with Crippen LogP contribution in [0.2, 0.25) is 0 Å². The molecular formula is C17H26N2O. The molecule has 20 heavy (non-hydrogen) atoms. The van der Waals surface area contributed by atoms with Crippen molar-refractivity contribution in [2.75, 3.05) is 19.6 Å². The molecule has 2 rings (SSSR count). The van der Waals surface area contributed by atoms with Crippen molar-refractivity contribution in [2.45, 2.75) is 39.5 Å². The highest BCUT2D eigenvalue weighted by atomic mass is 16.2. The molecule has 0 bridgehead atoms. The SMILES string of the molecule is CCC1(C(=O)NCCc2ccccc2C)CCCNC1. The molecule has 1 unspecified atom stereocenters. The number of aryl methyl sites for hydroxylation is 1. The van der Waals surface area contributed by atoms with Crippen LogP contribution in [0.15, 0.2) is 24.3 Å². The van der Waals surface area contributed by atoms with Crippen LogP contribution < -0.4 is 10.6 Å². The highest BCUT2D eigenvalue weighted by Gasteiger charge is 2.37. The molecule has 2 N–H and O–H groups in total. The fourth-order valence-electron chi connectivity index (χ4n) is 3.01. The van der Waals surface area contributed by atoms with Gasteiger partial charge >= 0.3 is 0 Å². The molecule has 1 amide bonds. The molecule has 0 aromatic heterocycles. The molecule has 3 heteroatoms. The molecule has 1 aliphatic heterocycles. The van der Waals surface area contributed by atoms with Crippen LogP contribution in [0.25, 0.3) is 0 Å². The van der Waals surface area contributed by atoms with Gasteiger partial charge in [-0.25, -0.2) is 0 Å². The maximum absolute atomic E-state index is 12.5. The Labute approximate surface area is 122 Å². The predicted octanol–water partition coefficient (Wildman–Crippen LogP) is 2.43. The lowest BCUT2D eigenvalue weighted by atomic mass is 9.77. The second kappa shape index (κ2) is 6.89. The number of carbonyl (C=O) groups is 1. The molecule has 0 aliphatic carbocycles. The maximum atomic E-state index is 12.5. The summed E-state index contributed by atoms with van der Waals surface area (Å²) >= 11 is 0. The summed E-state index contributed by atoms with van der Waals surface area (Å²) in [6.07, 6.45) is 3.92. The van der Waals surface area contributed by atoms with Gasteiger partial charge in [-0.15, -0.1) is 0 Å². The summed E-state index contributed by atoms with van der Waals surface area (Å²) < 4.78 is 0. The summed E-state index contributed by atoms with van der Waals surface area (Å²) in [7, 11) is 0.